The highest BCUT2D eigenvalue weighted by atomic mass is 16.5. The van der Waals surface area contributed by atoms with Crippen molar-refractivity contribution >= 4 is 40.9 Å². The predicted molar refractivity (Wildman–Crippen MR) is 154 cm³/mol. The third-order valence-electron chi connectivity index (χ3n) is 9.03. The quantitative estimate of drug-likeness (QED) is 0.483. The number of fused-ring (bicyclic) bond motifs is 1. The van der Waals surface area contributed by atoms with Crippen molar-refractivity contribution in [3.05, 3.63) is 30.0 Å². The van der Waals surface area contributed by atoms with Crippen LogP contribution in [0.5, 0.6) is 5.75 Å². The van der Waals surface area contributed by atoms with Crippen LogP contribution in [0.1, 0.15) is 75.1 Å². The molecule has 6 rings (SSSR count). The molecule has 2 N–H and O–H groups in total. The maximum Gasteiger partial charge on any atom is 0.302 e. The van der Waals surface area contributed by atoms with E-state index in [1.54, 1.807) is 36.4 Å². The van der Waals surface area contributed by atoms with Gasteiger partial charge >= 0.3 is 5.97 Å². The van der Waals surface area contributed by atoms with Crippen LogP contribution in [-0.4, -0.2) is 66.6 Å². The van der Waals surface area contributed by atoms with E-state index in [0.717, 1.165) is 56.5 Å². The van der Waals surface area contributed by atoms with Crippen LogP contribution in [0.4, 0.5) is 23.1 Å². The van der Waals surface area contributed by atoms with Crippen molar-refractivity contribution < 1.29 is 23.9 Å². The number of nitrogens with one attached hydrogen (secondary N) is 2. The molecule has 11 heteroatoms. The molecule has 1 aliphatic heterocycles. The summed E-state index contributed by atoms with van der Waals surface area (Å²) in [6, 6.07) is 5.30. The molecule has 4 aliphatic rings. The average Bonchev–Trinajstić information content (AvgIpc) is 3.33. The van der Waals surface area contributed by atoms with Gasteiger partial charge in [-0.1, -0.05) is 12.8 Å². The first-order valence-electron chi connectivity index (χ1n) is 14.6. The summed E-state index contributed by atoms with van der Waals surface area (Å²) in [6.45, 7) is 2.08. The maximum absolute atomic E-state index is 13.3. The maximum atomic E-state index is 13.3. The van der Waals surface area contributed by atoms with Gasteiger partial charge in [0.05, 0.1) is 30.5 Å². The van der Waals surface area contributed by atoms with Crippen molar-refractivity contribution in [1.29, 1.82) is 0 Å². The molecule has 218 valence electrons. The van der Waals surface area contributed by atoms with Crippen molar-refractivity contribution in [2.24, 2.45) is 5.41 Å². The van der Waals surface area contributed by atoms with E-state index in [0.29, 0.717) is 35.5 Å². The lowest BCUT2D eigenvalue weighted by molar-refractivity contribution is -0.146. The summed E-state index contributed by atoms with van der Waals surface area (Å²) in [5.74, 6) is 1.19. The van der Waals surface area contributed by atoms with Gasteiger partial charge in [0, 0.05) is 32.1 Å². The molecule has 1 aromatic heterocycles. The fourth-order valence-corrected chi connectivity index (χ4v) is 6.60. The number of ether oxygens (including phenoxy) is 2. The summed E-state index contributed by atoms with van der Waals surface area (Å²) < 4.78 is 11.0. The first-order valence-corrected chi connectivity index (χ1v) is 14.6. The van der Waals surface area contributed by atoms with Crippen molar-refractivity contribution in [3.8, 4) is 5.75 Å². The Morgan fingerprint density at radius 2 is 1.88 bits per heavy atom. The molecule has 1 aromatic carbocycles. The molecule has 11 nitrogen and oxygen atoms in total. The van der Waals surface area contributed by atoms with Crippen molar-refractivity contribution in [2.45, 2.75) is 82.9 Å². The summed E-state index contributed by atoms with van der Waals surface area (Å²) in [7, 11) is 3.37. The van der Waals surface area contributed by atoms with Crippen LogP contribution in [0, 0.1) is 5.41 Å². The molecule has 2 atom stereocenters. The van der Waals surface area contributed by atoms with Crippen LogP contribution < -0.4 is 25.2 Å². The smallest absolute Gasteiger partial charge is 0.302 e. The molecule has 2 heterocycles. The lowest BCUT2D eigenvalue weighted by Gasteiger charge is -2.31. The zero-order valence-electron chi connectivity index (χ0n) is 23.9. The zero-order valence-corrected chi connectivity index (χ0v) is 23.9. The van der Waals surface area contributed by atoms with E-state index in [1.165, 1.54) is 19.8 Å². The number of esters is 1. The number of methoxy groups -OCH3 is 1. The second-order valence-corrected chi connectivity index (χ2v) is 11.8. The second-order valence-electron chi connectivity index (χ2n) is 11.8. The third-order valence-corrected chi connectivity index (χ3v) is 9.03. The zero-order chi connectivity index (χ0) is 28.7. The van der Waals surface area contributed by atoms with Gasteiger partial charge in [-0.25, -0.2) is 4.98 Å². The first kappa shape index (κ1) is 27.3. The van der Waals surface area contributed by atoms with Crippen LogP contribution in [0.15, 0.2) is 24.4 Å². The van der Waals surface area contributed by atoms with E-state index >= 15 is 0 Å². The summed E-state index contributed by atoms with van der Waals surface area (Å²) in [6.07, 6.45) is 10.2. The molecule has 0 bridgehead atoms. The van der Waals surface area contributed by atoms with Crippen LogP contribution in [0.3, 0.4) is 0 Å². The van der Waals surface area contributed by atoms with E-state index in [2.05, 4.69) is 20.5 Å². The highest BCUT2D eigenvalue weighted by Gasteiger charge is 2.55. The molecule has 1 spiro atoms. The SMILES string of the molecule is COc1cc(C(=O)NC2CCCC2OC(C)=O)ccc1Nc1ncc2c(n1)N(C1CCCC1)CC1(CC1)C(=O)N2C. The second kappa shape index (κ2) is 10.8. The predicted octanol–water partition coefficient (Wildman–Crippen LogP) is 3.95. The number of hydrogen-bond donors (Lipinski definition) is 2. The number of amides is 2. The van der Waals surface area contributed by atoms with E-state index in [9.17, 15) is 14.4 Å². The van der Waals surface area contributed by atoms with Gasteiger partial charge in [-0.05, 0) is 63.1 Å². The van der Waals surface area contributed by atoms with Gasteiger partial charge in [-0.15, -0.1) is 0 Å². The molecular weight excluding hydrogens is 524 g/mol. The Kier molecular flexibility index (Phi) is 7.21. The van der Waals surface area contributed by atoms with E-state index in [1.807, 2.05) is 7.05 Å². The summed E-state index contributed by atoms with van der Waals surface area (Å²) in [5.41, 5.74) is 1.47. The number of nitrogens with zero attached hydrogens (tertiary/aromatic N) is 4. The molecule has 3 aliphatic carbocycles. The van der Waals surface area contributed by atoms with Crippen molar-refractivity contribution in [2.75, 3.05) is 35.8 Å². The number of rotatable bonds is 7. The normalized spacial score (nSPS) is 23.2. The van der Waals surface area contributed by atoms with Crippen LogP contribution in [0.25, 0.3) is 0 Å². The van der Waals surface area contributed by atoms with Gasteiger partial charge in [0.25, 0.3) is 5.91 Å². The van der Waals surface area contributed by atoms with Gasteiger partial charge in [0.1, 0.15) is 17.5 Å². The Balaban J connectivity index is 1.23. The van der Waals surface area contributed by atoms with Crippen LogP contribution in [-0.2, 0) is 14.3 Å². The molecule has 0 radical (unpaired) electrons. The van der Waals surface area contributed by atoms with E-state index < -0.39 is 0 Å². The molecule has 0 saturated heterocycles. The number of benzene rings is 1. The van der Waals surface area contributed by atoms with Crippen molar-refractivity contribution in [3.63, 3.8) is 0 Å². The standard InChI is InChI=1S/C30H38N6O5/c1-18(37)41-24-10-6-9-21(24)32-27(38)19-11-12-22(25(15-19)40-3)33-29-31-16-23-26(34-29)36(20-7-4-5-8-20)17-30(13-14-30)28(39)35(23)2/h11-12,15-16,20-21,24H,4-10,13-14,17H2,1-3H3,(H,32,38)(H,31,33,34). The van der Waals surface area contributed by atoms with Crippen molar-refractivity contribution in [1.82, 2.24) is 15.3 Å². The third kappa shape index (κ3) is 5.29. The number of carbonyl (C=O) groups excluding carboxylic acids is 3. The molecule has 2 unspecified atom stereocenters. The fourth-order valence-electron chi connectivity index (χ4n) is 6.60. The van der Waals surface area contributed by atoms with E-state index in [4.69, 9.17) is 14.5 Å². The fraction of sp³-hybridized carbons (Fsp3) is 0.567. The largest absolute Gasteiger partial charge is 0.495 e. The summed E-state index contributed by atoms with van der Waals surface area (Å²) >= 11 is 0. The molecule has 3 fully saturated rings. The Bertz CT molecular complexity index is 1350. The molecule has 3 saturated carbocycles. The molecular formula is C30H38N6O5. The van der Waals surface area contributed by atoms with Gasteiger partial charge < -0.3 is 29.9 Å². The summed E-state index contributed by atoms with van der Waals surface area (Å²) in [4.78, 5) is 51.4. The topological polar surface area (TPSA) is 126 Å². The monoisotopic (exact) mass is 562 g/mol. The highest BCUT2D eigenvalue weighted by Crippen LogP contribution is 2.52. The first-order chi connectivity index (χ1) is 19.8. The van der Waals surface area contributed by atoms with Crippen LogP contribution >= 0.6 is 0 Å². The number of carbonyl (C=O) groups is 3. The Morgan fingerprint density at radius 3 is 2.59 bits per heavy atom. The minimum atomic E-state index is -0.343. The Morgan fingerprint density at radius 1 is 1.10 bits per heavy atom. The highest BCUT2D eigenvalue weighted by molar-refractivity contribution is 6.03. The van der Waals surface area contributed by atoms with Gasteiger partial charge in [-0.2, -0.15) is 4.98 Å². The minimum absolute atomic E-state index is 0.149. The molecule has 2 aromatic rings. The Hall–Kier alpha value is -3.89. The lowest BCUT2D eigenvalue weighted by atomic mass is 10.0. The minimum Gasteiger partial charge on any atom is -0.495 e. The molecule has 41 heavy (non-hydrogen) atoms. The molecule has 2 amide bonds. The van der Waals surface area contributed by atoms with E-state index in [-0.39, 0.29) is 35.3 Å². The Labute approximate surface area is 240 Å². The number of aromatic nitrogens is 2. The van der Waals surface area contributed by atoms with Crippen LogP contribution in [0.2, 0.25) is 0 Å². The number of anilines is 4. The van der Waals surface area contributed by atoms with Gasteiger partial charge in [0.2, 0.25) is 11.9 Å². The lowest BCUT2D eigenvalue weighted by Crippen LogP contribution is -2.41. The average molecular weight is 563 g/mol. The van der Waals surface area contributed by atoms with Gasteiger partial charge in [0.15, 0.2) is 5.82 Å². The number of hydrogen-bond acceptors (Lipinski definition) is 9. The van der Waals surface area contributed by atoms with Gasteiger partial charge in [-0.3, -0.25) is 14.4 Å². The summed E-state index contributed by atoms with van der Waals surface area (Å²) in [5, 5.41) is 6.28.